The van der Waals surface area contributed by atoms with E-state index in [2.05, 4.69) is 38.3 Å². The molecule has 6 heteroatoms. The monoisotopic (exact) mass is 324 g/mol. The molecule has 2 rings (SSSR count). The van der Waals surface area contributed by atoms with E-state index in [9.17, 15) is 0 Å². The van der Waals surface area contributed by atoms with Crippen molar-refractivity contribution in [3.8, 4) is 0 Å². The Morgan fingerprint density at radius 1 is 1.32 bits per heavy atom. The maximum Gasteiger partial charge on any atom is 0.146 e. The van der Waals surface area contributed by atoms with Gasteiger partial charge in [0.15, 0.2) is 0 Å². The molecule has 0 amide bonds. The lowest BCUT2D eigenvalue weighted by molar-refractivity contribution is 0.185. The Morgan fingerprint density at radius 2 is 2.11 bits per heavy atom. The lowest BCUT2D eigenvalue weighted by atomic mass is 10.1. The fourth-order valence-electron chi connectivity index (χ4n) is 1.92. The van der Waals surface area contributed by atoms with Gasteiger partial charge in [-0.25, -0.2) is 0 Å². The van der Waals surface area contributed by atoms with Gasteiger partial charge in [-0.05, 0) is 17.7 Å². The first-order valence-corrected chi connectivity index (χ1v) is 6.88. The van der Waals surface area contributed by atoms with Crippen LogP contribution in [0.5, 0.6) is 0 Å². The zero-order chi connectivity index (χ0) is 13.7. The van der Waals surface area contributed by atoms with E-state index in [4.69, 9.17) is 10.5 Å². The van der Waals surface area contributed by atoms with Gasteiger partial charge in [0.2, 0.25) is 0 Å². The Hall–Kier alpha value is -1.24. The van der Waals surface area contributed by atoms with Crippen molar-refractivity contribution in [1.82, 2.24) is 14.8 Å². The van der Waals surface area contributed by atoms with Gasteiger partial charge in [-0.15, -0.1) is 10.2 Å². The quantitative estimate of drug-likeness (QED) is 0.878. The minimum Gasteiger partial charge on any atom is -0.383 e. The first-order valence-electron chi connectivity index (χ1n) is 6.09. The van der Waals surface area contributed by atoms with Crippen molar-refractivity contribution in [2.75, 3.05) is 13.7 Å². The molecule has 2 N–H and O–H groups in total. The third kappa shape index (κ3) is 3.62. The highest BCUT2D eigenvalue weighted by Crippen LogP contribution is 2.15. The number of nitrogens with two attached hydrogens (primary N) is 1. The fourth-order valence-corrected chi connectivity index (χ4v) is 2.37. The van der Waals surface area contributed by atoms with E-state index in [-0.39, 0.29) is 0 Å². The molecule has 0 atom stereocenters. The lowest BCUT2D eigenvalue weighted by Crippen LogP contribution is -2.14. The highest BCUT2D eigenvalue weighted by atomic mass is 79.9. The van der Waals surface area contributed by atoms with Gasteiger partial charge in [0.25, 0.3) is 0 Å². The summed E-state index contributed by atoms with van der Waals surface area (Å²) in [4.78, 5) is 0. The van der Waals surface area contributed by atoms with Crippen molar-refractivity contribution in [3.63, 3.8) is 0 Å². The number of aromatic nitrogens is 3. The Labute approximate surface area is 120 Å². The van der Waals surface area contributed by atoms with Gasteiger partial charge in [0, 0.05) is 24.5 Å². The zero-order valence-corrected chi connectivity index (χ0v) is 12.4. The molecule has 1 aromatic heterocycles. The summed E-state index contributed by atoms with van der Waals surface area (Å²) in [7, 11) is 1.68. The Balaban J connectivity index is 2.21. The number of benzene rings is 1. The standard InChI is InChI=1S/C13H17BrN4O/c1-19-6-5-18-12(16-17-13(18)9-15)8-10-3-2-4-11(14)7-10/h2-4,7H,5-6,8-9,15H2,1H3. The summed E-state index contributed by atoms with van der Waals surface area (Å²) < 4.78 is 8.21. The molecule has 102 valence electrons. The second-order valence-electron chi connectivity index (χ2n) is 4.19. The summed E-state index contributed by atoms with van der Waals surface area (Å²) in [6, 6.07) is 8.17. The van der Waals surface area contributed by atoms with Crippen LogP contribution in [0.4, 0.5) is 0 Å². The fraction of sp³-hybridized carbons (Fsp3) is 0.385. The molecule has 0 fully saturated rings. The molecule has 0 aliphatic heterocycles. The molecule has 19 heavy (non-hydrogen) atoms. The van der Waals surface area contributed by atoms with E-state index in [1.54, 1.807) is 7.11 Å². The molecule has 0 aliphatic rings. The van der Waals surface area contributed by atoms with Crippen molar-refractivity contribution >= 4 is 15.9 Å². The van der Waals surface area contributed by atoms with Gasteiger partial charge in [-0.2, -0.15) is 0 Å². The number of halogens is 1. The summed E-state index contributed by atoms with van der Waals surface area (Å²) in [6.07, 6.45) is 0.732. The van der Waals surface area contributed by atoms with Crippen molar-refractivity contribution in [3.05, 3.63) is 46.0 Å². The van der Waals surface area contributed by atoms with Crippen LogP contribution < -0.4 is 5.73 Å². The molecular weight excluding hydrogens is 308 g/mol. The first-order chi connectivity index (χ1) is 9.24. The van der Waals surface area contributed by atoms with Crippen LogP contribution in [0.15, 0.2) is 28.7 Å². The predicted octanol–water partition coefficient (Wildman–Crippen LogP) is 1.74. The smallest absolute Gasteiger partial charge is 0.146 e. The molecule has 1 heterocycles. The van der Waals surface area contributed by atoms with E-state index in [1.807, 2.05) is 16.7 Å². The maximum atomic E-state index is 5.68. The van der Waals surface area contributed by atoms with E-state index in [1.165, 1.54) is 5.56 Å². The highest BCUT2D eigenvalue weighted by Gasteiger charge is 2.11. The van der Waals surface area contributed by atoms with Gasteiger partial charge in [0.05, 0.1) is 13.2 Å². The van der Waals surface area contributed by atoms with E-state index < -0.39 is 0 Å². The van der Waals surface area contributed by atoms with Crippen molar-refractivity contribution in [1.29, 1.82) is 0 Å². The van der Waals surface area contributed by atoms with Crippen LogP contribution in [0.1, 0.15) is 17.2 Å². The highest BCUT2D eigenvalue weighted by molar-refractivity contribution is 9.10. The zero-order valence-electron chi connectivity index (χ0n) is 10.8. The third-order valence-electron chi connectivity index (χ3n) is 2.86. The number of methoxy groups -OCH3 is 1. The largest absolute Gasteiger partial charge is 0.383 e. The molecule has 0 unspecified atom stereocenters. The van der Waals surface area contributed by atoms with Crippen LogP contribution in [0.3, 0.4) is 0 Å². The molecule has 2 aromatic rings. The molecule has 5 nitrogen and oxygen atoms in total. The van der Waals surface area contributed by atoms with E-state index in [0.29, 0.717) is 13.2 Å². The van der Waals surface area contributed by atoms with E-state index >= 15 is 0 Å². The summed E-state index contributed by atoms with van der Waals surface area (Å²) in [5, 5.41) is 8.35. The molecule has 0 saturated heterocycles. The average molecular weight is 325 g/mol. The van der Waals surface area contributed by atoms with Crippen LogP contribution in [-0.4, -0.2) is 28.5 Å². The summed E-state index contributed by atoms with van der Waals surface area (Å²) in [5.74, 6) is 1.71. The Kier molecular flexibility index (Phi) is 5.07. The van der Waals surface area contributed by atoms with Crippen LogP contribution in [-0.2, 0) is 24.2 Å². The number of ether oxygens (including phenoxy) is 1. The van der Waals surface area contributed by atoms with Gasteiger partial charge in [0.1, 0.15) is 11.6 Å². The van der Waals surface area contributed by atoms with Crippen LogP contribution in [0.2, 0.25) is 0 Å². The minimum atomic E-state index is 0.384. The number of rotatable bonds is 6. The maximum absolute atomic E-state index is 5.68. The number of hydrogen-bond donors (Lipinski definition) is 1. The summed E-state index contributed by atoms with van der Waals surface area (Å²) in [5.41, 5.74) is 6.87. The molecular formula is C13H17BrN4O. The summed E-state index contributed by atoms with van der Waals surface area (Å²) in [6.45, 7) is 1.73. The third-order valence-corrected chi connectivity index (χ3v) is 3.35. The van der Waals surface area contributed by atoms with E-state index in [0.717, 1.165) is 29.1 Å². The van der Waals surface area contributed by atoms with Gasteiger partial charge < -0.3 is 15.0 Å². The lowest BCUT2D eigenvalue weighted by Gasteiger charge is -2.09. The normalized spacial score (nSPS) is 10.9. The molecule has 0 spiro atoms. The summed E-state index contributed by atoms with van der Waals surface area (Å²) >= 11 is 3.47. The second kappa shape index (κ2) is 6.79. The van der Waals surface area contributed by atoms with Gasteiger partial charge >= 0.3 is 0 Å². The second-order valence-corrected chi connectivity index (χ2v) is 5.10. The number of hydrogen-bond acceptors (Lipinski definition) is 4. The average Bonchev–Trinajstić information content (AvgIpc) is 2.78. The van der Waals surface area contributed by atoms with Crippen LogP contribution in [0.25, 0.3) is 0 Å². The topological polar surface area (TPSA) is 66.0 Å². The van der Waals surface area contributed by atoms with Crippen molar-refractivity contribution in [2.45, 2.75) is 19.5 Å². The van der Waals surface area contributed by atoms with Gasteiger partial charge in [-0.1, -0.05) is 28.1 Å². The molecule has 0 radical (unpaired) electrons. The Bertz CT molecular complexity index is 541. The van der Waals surface area contributed by atoms with Crippen molar-refractivity contribution < 1.29 is 4.74 Å². The SMILES string of the molecule is COCCn1c(CN)nnc1Cc1cccc(Br)c1. The van der Waals surface area contributed by atoms with Crippen LogP contribution in [0, 0.1) is 0 Å². The Morgan fingerprint density at radius 3 is 2.79 bits per heavy atom. The molecule has 0 bridgehead atoms. The minimum absolute atomic E-state index is 0.384. The molecule has 1 aromatic carbocycles. The van der Waals surface area contributed by atoms with Crippen molar-refractivity contribution in [2.24, 2.45) is 5.73 Å². The first kappa shape index (κ1) is 14.2. The molecule has 0 saturated carbocycles. The number of nitrogens with zero attached hydrogens (tertiary/aromatic N) is 3. The van der Waals surface area contributed by atoms with Crippen LogP contribution >= 0.6 is 15.9 Å². The predicted molar refractivity (Wildman–Crippen MR) is 76.7 cm³/mol. The molecule has 0 aliphatic carbocycles. The van der Waals surface area contributed by atoms with Gasteiger partial charge in [-0.3, -0.25) is 0 Å².